The zero-order chi connectivity index (χ0) is 14.3. The van der Waals surface area contributed by atoms with Gasteiger partial charge in [-0.05, 0) is 50.9 Å². The van der Waals surface area contributed by atoms with Crippen molar-refractivity contribution in [2.24, 2.45) is 11.8 Å². The Hall–Kier alpha value is -0.260. The van der Waals surface area contributed by atoms with Crippen LogP contribution in [0.3, 0.4) is 0 Å². The van der Waals surface area contributed by atoms with Crippen molar-refractivity contribution in [1.29, 1.82) is 0 Å². The highest BCUT2D eigenvalue weighted by Crippen LogP contribution is 2.22. The van der Waals surface area contributed by atoms with E-state index in [1.807, 2.05) is 6.26 Å². The van der Waals surface area contributed by atoms with E-state index in [0.717, 1.165) is 13.1 Å². The number of hydrogen-bond donors (Lipinski definition) is 3. The lowest BCUT2D eigenvalue weighted by Gasteiger charge is -2.28. The molecule has 0 saturated carbocycles. The van der Waals surface area contributed by atoms with Crippen molar-refractivity contribution in [3.63, 3.8) is 0 Å². The fourth-order valence-corrected chi connectivity index (χ4v) is 3.27. The van der Waals surface area contributed by atoms with Crippen molar-refractivity contribution >= 4 is 17.7 Å². The summed E-state index contributed by atoms with van der Waals surface area (Å²) in [6.45, 7) is 6.38. The van der Waals surface area contributed by atoms with Crippen molar-refractivity contribution in [3.05, 3.63) is 0 Å². The predicted octanol–water partition coefficient (Wildman–Crippen LogP) is 1.24. The number of carbonyl (C=O) groups excluding carboxylic acids is 1. The summed E-state index contributed by atoms with van der Waals surface area (Å²) in [7, 11) is 0. The minimum Gasteiger partial charge on any atom is -0.387 e. The second-order valence-corrected chi connectivity index (χ2v) is 6.86. The van der Waals surface area contributed by atoms with Crippen molar-refractivity contribution in [2.75, 3.05) is 31.6 Å². The molecule has 4 nitrogen and oxygen atoms in total. The van der Waals surface area contributed by atoms with Crippen LogP contribution in [-0.2, 0) is 4.79 Å². The van der Waals surface area contributed by atoms with E-state index in [1.54, 1.807) is 18.7 Å². The Kier molecular flexibility index (Phi) is 7.18. The van der Waals surface area contributed by atoms with Crippen LogP contribution in [0.4, 0.5) is 0 Å². The molecular formula is C14H28N2O2S. The lowest BCUT2D eigenvalue weighted by atomic mass is 9.85. The number of amides is 1. The molecule has 3 N–H and O–H groups in total. The quantitative estimate of drug-likeness (QED) is 0.660. The molecule has 1 heterocycles. The van der Waals surface area contributed by atoms with Gasteiger partial charge in [-0.25, -0.2) is 0 Å². The summed E-state index contributed by atoms with van der Waals surface area (Å²) in [6, 6.07) is 0. The van der Waals surface area contributed by atoms with E-state index in [2.05, 4.69) is 17.6 Å². The Morgan fingerprint density at radius 1 is 1.63 bits per heavy atom. The summed E-state index contributed by atoms with van der Waals surface area (Å²) in [5.41, 5.74) is -0.815. The largest absolute Gasteiger partial charge is 0.387 e. The monoisotopic (exact) mass is 288 g/mol. The van der Waals surface area contributed by atoms with E-state index in [4.69, 9.17) is 0 Å². The molecule has 1 aliphatic heterocycles. The van der Waals surface area contributed by atoms with Gasteiger partial charge in [-0.1, -0.05) is 6.92 Å². The van der Waals surface area contributed by atoms with Gasteiger partial charge in [0.25, 0.3) is 0 Å². The normalized spacial score (nSPS) is 24.5. The van der Waals surface area contributed by atoms with Crippen molar-refractivity contribution in [2.45, 2.75) is 38.7 Å². The fraction of sp³-hybridized carbons (Fsp3) is 0.929. The number of carbonyl (C=O) groups is 1. The molecule has 0 radical (unpaired) electrons. The highest BCUT2D eigenvalue weighted by Gasteiger charge is 2.24. The lowest BCUT2D eigenvalue weighted by Crippen LogP contribution is -2.43. The second-order valence-electron chi connectivity index (χ2n) is 5.99. The number of thioether (sulfide) groups is 1. The molecule has 0 aromatic carbocycles. The van der Waals surface area contributed by atoms with E-state index in [1.165, 1.54) is 12.8 Å². The molecule has 112 valence electrons. The SMILES string of the molecule is CSCC(C)(O)CNC(=O)CC(C)C1CCCNC1. The van der Waals surface area contributed by atoms with Crippen molar-refractivity contribution in [1.82, 2.24) is 10.6 Å². The highest BCUT2D eigenvalue weighted by molar-refractivity contribution is 7.98. The summed E-state index contributed by atoms with van der Waals surface area (Å²) >= 11 is 1.59. The van der Waals surface area contributed by atoms with Gasteiger partial charge in [-0.3, -0.25) is 4.79 Å². The Morgan fingerprint density at radius 2 is 2.37 bits per heavy atom. The molecule has 1 aliphatic rings. The Morgan fingerprint density at radius 3 is 2.95 bits per heavy atom. The summed E-state index contributed by atoms with van der Waals surface area (Å²) < 4.78 is 0. The topological polar surface area (TPSA) is 61.4 Å². The van der Waals surface area contributed by atoms with Crippen LogP contribution in [0, 0.1) is 11.8 Å². The maximum absolute atomic E-state index is 11.9. The van der Waals surface area contributed by atoms with Crippen molar-refractivity contribution < 1.29 is 9.90 Å². The molecular weight excluding hydrogens is 260 g/mol. The molecule has 0 spiro atoms. The van der Waals surface area contributed by atoms with Gasteiger partial charge in [-0.15, -0.1) is 0 Å². The third kappa shape index (κ3) is 6.63. The summed E-state index contributed by atoms with van der Waals surface area (Å²) in [4.78, 5) is 11.9. The molecule has 3 atom stereocenters. The van der Waals surface area contributed by atoms with Crippen LogP contribution in [0.25, 0.3) is 0 Å². The number of hydrogen-bond acceptors (Lipinski definition) is 4. The number of piperidine rings is 1. The van der Waals surface area contributed by atoms with E-state index in [0.29, 0.717) is 30.6 Å². The van der Waals surface area contributed by atoms with Gasteiger partial charge in [0, 0.05) is 18.7 Å². The van der Waals surface area contributed by atoms with Crippen LogP contribution in [0.2, 0.25) is 0 Å². The molecule has 1 saturated heterocycles. The molecule has 0 aromatic rings. The molecule has 1 amide bonds. The summed E-state index contributed by atoms with van der Waals surface area (Å²) in [5.74, 6) is 1.69. The minimum absolute atomic E-state index is 0.0550. The average molecular weight is 288 g/mol. The smallest absolute Gasteiger partial charge is 0.220 e. The van der Waals surface area contributed by atoms with E-state index in [-0.39, 0.29) is 5.91 Å². The number of nitrogens with one attached hydrogen (secondary N) is 2. The van der Waals surface area contributed by atoms with Gasteiger partial charge in [0.15, 0.2) is 0 Å². The first-order valence-corrected chi connectivity index (χ1v) is 8.53. The third-order valence-corrected chi connectivity index (χ3v) is 4.68. The number of rotatable bonds is 7. The van der Waals surface area contributed by atoms with Crippen LogP contribution >= 0.6 is 11.8 Å². The van der Waals surface area contributed by atoms with Gasteiger partial charge in [0.05, 0.1) is 5.60 Å². The van der Waals surface area contributed by atoms with Gasteiger partial charge >= 0.3 is 0 Å². The van der Waals surface area contributed by atoms with Gasteiger partial charge < -0.3 is 15.7 Å². The van der Waals surface area contributed by atoms with Crippen LogP contribution in [0.1, 0.15) is 33.1 Å². The zero-order valence-corrected chi connectivity index (χ0v) is 13.2. The molecule has 5 heteroatoms. The fourth-order valence-electron chi connectivity index (χ4n) is 2.55. The molecule has 0 aliphatic carbocycles. The van der Waals surface area contributed by atoms with Crippen LogP contribution in [0.15, 0.2) is 0 Å². The Labute approximate surface area is 121 Å². The third-order valence-electron chi connectivity index (χ3n) is 3.77. The highest BCUT2D eigenvalue weighted by atomic mass is 32.2. The maximum atomic E-state index is 11.9. The first kappa shape index (κ1) is 16.8. The van der Waals surface area contributed by atoms with E-state index >= 15 is 0 Å². The maximum Gasteiger partial charge on any atom is 0.220 e. The van der Waals surface area contributed by atoms with Crippen molar-refractivity contribution in [3.8, 4) is 0 Å². The summed E-state index contributed by atoms with van der Waals surface area (Å²) in [6.07, 6.45) is 4.93. The number of aliphatic hydroxyl groups is 1. The average Bonchev–Trinajstić information content (AvgIpc) is 2.37. The molecule has 3 unspecified atom stereocenters. The first-order chi connectivity index (χ1) is 8.94. The molecule has 1 rings (SSSR count). The van der Waals surface area contributed by atoms with E-state index < -0.39 is 5.60 Å². The van der Waals surface area contributed by atoms with Crippen LogP contribution in [-0.4, -0.2) is 48.3 Å². The lowest BCUT2D eigenvalue weighted by molar-refractivity contribution is -0.123. The predicted molar refractivity (Wildman–Crippen MR) is 81.4 cm³/mol. The van der Waals surface area contributed by atoms with Gasteiger partial charge in [0.1, 0.15) is 0 Å². The molecule has 0 bridgehead atoms. The van der Waals surface area contributed by atoms with Gasteiger partial charge in [-0.2, -0.15) is 11.8 Å². The van der Waals surface area contributed by atoms with Crippen LogP contribution < -0.4 is 10.6 Å². The van der Waals surface area contributed by atoms with Gasteiger partial charge in [0.2, 0.25) is 5.91 Å². The summed E-state index contributed by atoms with van der Waals surface area (Å²) in [5, 5.41) is 16.2. The standard InChI is InChI=1S/C14H28N2O2S/c1-11(12-5-4-6-15-8-12)7-13(17)16-9-14(2,18)10-19-3/h11-12,15,18H,4-10H2,1-3H3,(H,16,17). The molecule has 0 aromatic heterocycles. The Balaban J connectivity index is 2.26. The van der Waals surface area contributed by atoms with Crippen LogP contribution in [0.5, 0.6) is 0 Å². The second kappa shape index (κ2) is 8.12. The zero-order valence-electron chi connectivity index (χ0n) is 12.4. The molecule has 1 fully saturated rings. The minimum atomic E-state index is -0.815. The van der Waals surface area contributed by atoms with E-state index in [9.17, 15) is 9.90 Å². The molecule has 19 heavy (non-hydrogen) atoms. The Bertz CT molecular complexity index is 279. The first-order valence-electron chi connectivity index (χ1n) is 7.13.